The maximum Gasteiger partial charge on any atom is 0.165 e. The van der Waals surface area contributed by atoms with E-state index >= 15 is 0 Å². The highest BCUT2D eigenvalue weighted by molar-refractivity contribution is 6.06. The van der Waals surface area contributed by atoms with Gasteiger partial charge in [0.25, 0.3) is 0 Å². The summed E-state index contributed by atoms with van der Waals surface area (Å²) in [5.74, 6) is 3.05. The number of aryl methyl sites for hydroxylation is 1. The summed E-state index contributed by atoms with van der Waals surface area (Å²) in [5, 5.41) is 0. The third-order valence-corrected chi connectivity index (χ3v) is 7.71. The molecule has 0 aliphatic heterocycles. The number of benzene rings is 2. The second-order valence-electron chi connectivity index (χ2n) is 9.05. The van der Waals surface area contributed by atoms with Crippen LogP contribution in [-0.2, 0) is 11.2 Å². The molecular weight excluding hydrogens is 344 g/mol. The second-order valence-corrected chi connectivity index (χ2v) is 9.05. The van der Waals surface area contributed by atoms with Crippen molar-refractivity contribution in [3.8, 4) is 5.75 Å². The van der Waals surface area contributed by atoms with Gasteiger partial charge in [-0.15, -0.1) is 0 Å². The molecule has 0 heterocycles. The lowest BCUT2D eigenvalue weighted by molar-refractivity contribution is -0.127. The third kappa shape index (κ3) is 2.65. The lowest BCUT2D eigenvalue weighted by Gasteiger charge is -2.48. The topological polar surface area (TPSA) is 26.3 Å². The molecule has 0 radical (unpaired) electrons. The van der Waals surface area contributed by atoms with E-state index in [1.165, 1.54) is 17.5 Å². The van der Waals surface area contributed by atoms with Crippen LogP contribution >= 0.6 is 0 Å². The van der Waals surface area contributed by atoms with Gasteiger partial charge in [0.1, 0.15) is 5.75 Å². The maximum absolute atomic E-state index is 13.4. The molecule has 3 aliphatic carbocycles. The molecule has 0 saturated heterocycles. The lowest BCUT2D eigenvalue weighted by atomic mass is 9.55. The van der Waals surface area contributed by atoms with E-state index < -0.39 is 0 Å². The van der Waals surface area contributed by atoms with E-state index in [1.807, 2.05) is 18.2 Å². The van der Waals surface area contributed by atoms with Gasteiger partial charge in [-0.25, -0.2) is 0 Å². The van der Waals surface area contributed by atoms with Crippen LogP contribution in [0.15, 0.2) is 54.1 Å². The average Bonchev–Trinajstić information content (AvgIpc) is 2.99. The molecule has 0 amide bonds. The molecule has 2 saturated carbocycles. The normalized spacial score (nSPS) is 32.6. The van der Waals surface area contributed by atoms with E-state index in [0.717, 1.165) is 42.6 Å². The number of Topliss-reactive ketones (excluding diaryl/α,β-unsaturated/α-hetero) is 1. The van der Waals surface area contributed by atoms with Crippen molar-refractivity contribution in [3.05, 3.63) is 70.8 Å². The quantitative estimate of drug-likeness (QED) is 0.622. The largest absolute Gasteiger partial charge is 0.497 e. The number of carbonyl (C=O) groups excluding carboxylic acids is 1. The zero-order valence-corrected chi connectivity index (χ0v) is 16.8. The molecule has 0 aromatic heterocycles. The number of hydrogen-bond acceptors (Lipinski definition) is 2. The minimum atomic E-state index is -0.175. The number of carbonyl (C=O) groups is 1. The summed E-state index contributed by atoms with van der Waals surface area (Å²) >= 11 is 0. The summed E-state index contributed by atoms with van der Waals surface area (Å²) in [7, 11) is 1.74. The van der Waals surface area contributed by atoms with Crippen LogP contribution in [0.25, 0.3) is 6.08 Å². The molecule has 4 atom stereocenters. The fourth-order valence-electron chi connectivity index (χ4n) is 6.24. The van der Waals surface area contributed by atoms with Gasteiger partial charge in [-0.05, 0) is 90.3 Å². The fraction of sp³-hybridized carbons (Fsp3) is 0.423. The Hall–Kier alpha value is -2.35. The van der Waals surface area contributed by atoms with Crippen LogP contribution < -0.4 is 4.74 Å². The highest BCUT2D eigenvalue weighted by Gasteiger charge is 2.56. The Kier molecular flexibility index (Phi) is 4.19. The third-order valence-electron chi connectivity index (χ3n) is 7.71. The van der Waals surface area contributed by atoms with Crippen molar-refractivity contribution in [2.24, 2.45) is 17.3 Å². The van der Waals surface area contributed by atoms with Gasteiger partial charge in [-0.1, -0.05) is 43.3 Å². The predicted octanol–water partition coefficient (Wildman–Crippen LogP) is 5.81. The van der Waals surface area contributed by atoms with E-state index in [-0.39, 0.29) is 5.41 Å². The molecule has 3 aliphatic rings. The molecule has 0 N–H and O–H groups in total. The zero-order chi connectivity index (χ0) is 19.3. The van der Waals surface area contributed by atoms with E-state index in [4.69, 9.17) is 4.74 Å². The summed E-state index contributed by atoms with van der Waals surface area (Å²) < 4.78 is 5.43. The van der Waals surface area contributed by atoms with Gasteiger partial charge < -0.3 is 4.74 Å². The van der Waals surface area contributed by atoms with Crippen molar-refractivity contribution in [1.82, 2.24) is 0 Å². The summed E-state index contributed by atoms with van der Waals surface area (Å²) in [5.41, 5.74) is 4.97. The minimum Gasteiger partial charge on any atom is -0.497 e. The summed E-state index contributed by atoms with van der Waals surface area (Å²) in [6, 6.07) is 16.9. The first-order chi connectivity index (χ1) is 13.6. The molecule has 2 aromatic carbocycles. The highest BCUT2D eigenvalue weighted by atomic mass is 16.5. The smallest absolute Gasteiger partial charge is 0.165 e. The molecule has 0 spiro atoms. The minimum absolute atomic E-state index is 0.175. The van der Waals surface area contributed by atoms with Crippen LogP contribution in [0.1, 0.15) is 55.2 Å². The van der Waals surface area contributed by atoms with E-state index in [1.54, 1.807) is 7.11 Å². The fourth-order valence-corrected chi connectivity index (χ4v) is 6.24. The number of rotatable bonds is 2. The number of ketones is 1. The van der Waals surface area contributed by atoms with E-state index in [0.29, 0.717) is 23.5 Å². The van der Waals surface area contributed by atoms with Gasteiger partial charge in [-0.3, -0.25) is 4.79 Å². The standard InChI is InChI=1S/C26H28O2/c1-26-13-12-22-21-11-9-20(28-2)15-18(21)8-10-23(22)24(26)16-19(25(26)27)14-17-6-4-3-5-7-17/h3-7,9,11,14-15,22-24H,8,10,12-13,16H2,1-2H3/t22-,23-,24+,26+/m1/s1. The maximum atomic E-state index is 13.4. The van der Waals surface area contributed by atoms with Crippen LogP contribution in [0.5, 0.6) is 5.75 Å². The monoisotopic (exact) mass is 372 g/mol. The molecule has 28 heavy (non-hydrogen) atoms. The Morgan fingerprint density at radius 2 is 1.93 bits per heavy atom. The molecule has 2 nitrogen and oxygen atoms in total. The van der Waals surface area contributed by atoms with E-state index in [2.05, 4.69) is 43.3 Å². The van der Waals surface area contributed by atoms with Crippen LogP contribution in [0.2, 0.25) is 0 Å². The van der Waals surface area contributed by atoms with Crippen molar-refractivity contribution < 1.29 is 9.53 Å². The summed E-state index contributed by atoms with van der Waals surface area (Å²) in [4.78, 5) is 13.4. The number of allylic oxidation sites excluding steroid dienone is 1. The van der Waals surface area contributed by atoms with Gasteiger partial charge in [0.2, 0.25) is 0 Å². The Labute approximate surface area is 167 Å². The van der Waals surface area contributed by atoms with Gasteiger partial charge in [0.15, 0.2) is 5.78 Å². The van der Waals surface area contributed by atoms with Gasteiger partial charge in [0, 0.05) is 5.41 Å². The van der Waals surface area contributed by atoms with Crippen molar-refractivity contribution in [3.63, 3.8) is 0 Å². The Morgan fingerprint density at radius 3 is 2.71 bits per heavy atom. The second kappa shape index (κ2) is 6.62. The highest BCUT2D eigenvalue weighted by Crippen LogP contribution is 2.60. The molecule has 2 aromatic rings. The molecule has 2 fully saturated rings. The number of hydrogen-bond donors (Lipinski definition) is 0. The van der Waals surface area contributed by atoms with Crippen molar-refractivity contribution in [2.75, 3.05) is 7.11 Å². The molecule has 144 valence electrons. The molecular formula is C26H28O2. The Bertz CT molecular complexity index is 942. The average molecular weight is 373 g/mol. The van der Waals surface area contributed by atoms with Gasteiger partial charge >= 0.3 is 0 Å². The van der Waals surface area contributed by atoms with Crippen molar-refractivity contribution in [1.29, 1.82) is 0 Å². The number of fused-ring (bicyclic) bond motifs is 5. The Morgan fingerprint density at radius 1 is 1.11 bits per heavy atom. The zero-order valence-electron chi connectivity index (χ0n) is 16.8. The number of methoxy groups -OCH3 is 1. The SMILES string of the molecule is COc1ccc2c(c1)CC[C@@H]1[C@@H]2CC[C@]2(C)C(=O)C(=Cc3ccccc3)C[C@@H]12. The molecule has 0 unspecified atom stereocenters. The van der Waals surface area contributed by atoms with Gasteiger partial charge in [-0.2, -0.15) is 0 Å². The first kappa shape index (κ1) is 17.7. The van der Waals surface area contributed by atoms with Gasteiger partial charge in [0.05, 0.1) is 7.11 Å². The summed E-state index contributed by atoms with van der Waals surface area (Å²) in [6.07, 6.45) is 7.51. The van der Waals surface area contributed by atoms with Crippen LogP contribution in [-0.4, -0.2) is 12.9 Å². The predicted molar refractivity (Wildman–Crippen MR) is 112 cm³/mol. The van der Waals surface area contributed by atoms with Crippen LogP contribution in [0, 0.1) is 17.3 Å². The molecule has 2 heteroatoms. The Balaban J connectivity index is 1.48. The van der Waals surface area contributed by atoms with E-state index in [9.17, 15) is 4.79 Å². The van der Waals surface area contributed by atoms with Crippen LogP contribution in [0.4, 0.5) is 0 Å². The van der Waals surface area contributed by atoms with Crippen molar-refractivity contribution >= 4 is 11.9 Å². The lowest BCUT2D eigenvalue weighted by Crippen LogP contribution is -2.42. The first-order valence-corrected chi connectivity index (χ1v) is 10.6. The molecule has 5 rings (SSSR count). The first-order valence-electron chi connectivity index (χ1n) is 10.6. The van der Waals surface area contributed by atoms with Crippen LogP contribution in [0.3, 0.4) is 0 Å². The van der Waals surface area contributed by atoms with Crippen molar-refractivity contribution in [2.45, 2.75) is 44.9 Å². The number of ether oxygens (including phenoxy) is 1. The molecule has 0 bridgehead atoms. The summed E-state index contributed by atoms with van der Waals surface area (Å²) in [6.45, 7) is 2.24.